The number of amides is 1. The highest BCUT2D eigenvalue weighted by molar-refractivity contribution is 5.77. The van der Waals surface area contributed by atoms with Crippen molar-refractivity contribution in [3.8, 4) is 0 Å². The van der Waals surface area contributed by atoms with Crippen molar-refractivity contribution in [2.24, 2.45) is 5.92 Å². The number of piperazine rings is 1. The third-order valence-electron chi connectivity index (χ3n) is 4.03. The maximum Gasteiger partial charge on any atom is 0.234 e. The fourth-order valence-corrected chi connectivity index (χ4v) is 2.60. The molecule has 0 unspecified atom stereocenters. The first-order chi connectivity index (χ1) is 9.49. The Labute approximate surface area is 124 Å². The lowest BCUT2D eigenvalue weighted by Gasteiger charge is -2.36. The molecule has 1 aliphatic rings. The number of nitrogens with one attached hydrogen (secondary N) is 1. The Balaban J connectivity index is 2.05. The Morgan fingerprint density at radius 1 is 1.05 bits per heavy atom. The molecule has 1 aliphatic heterocycles. The maximum atomic E-state index is 11.9. The Hall–Kier alpha value is -0.610. The van der Waals surface area contributed by atoms with Gasteiger partial charge in [0.2, 0.25) is 5.91 Å². The van der Waals surface area contributed by atoms with Crippen molar-refractivity contribution in [3.05, 3.63) is 0 Å². The van der Waals surface area contributed by atoms with Crippen molar-refractivity contribution < 1.29 is 4.79 Å². The van der Waals surface area contributed by atoms with Gasteiger partial charge in [-0.2, -0.15) is 0 Å². The van der Waals surface area contributed by atoms with E-state index in [0.29, 0.717) is 12.6 Å². The van der Waals surface area contributed by atoms with Gasteiger partial charge in [-0.1, -0.05) is 26.7 Å². The van der Waals surface area contributed by atoms with E-state index in [-0.39, 0.29) is 5.91 Å². The molecule has 0 atom stereocenters. The number of hydrogen-bond acceptors (Lipinski definition) is 3. The lowest BCUT2D eigenvalue weighted by molar-refractivity contribution is -0.122. The molecule has 1 heterocycles. The summed E-state index contributed by atoms with van der Waals surface area (Å²) in [7, 11) is 0. The molecule has 118 valence electrons. The molecule has 1 saturated heterocycles. The number of rotatable bonds is 8. The standard InChI is InChI=1S/C16H33N3O/c1-14(2)7-5-6-8-17-16(20)13-18-9-11-19(12-10-18)15(3)4/h14-15H,5-13H2,1-4H3,(H,17,20). The SMILES string of the molecule is CC(C)CCCCNC(=O)CN1CCN(C(C)C)CC1. The zero-order chi connectivity index (χ0) is 15.0. The molecule has 4 heteroatoms. The molecule has 0 spiro atoms. The minimum atomic E-state index is 0.188. The van der Waals surface area contributed by atoms with Crippen LogP contribution in [0.3, 0.4) is 0 Å². The van der Waals surface area contributed by atoms with Gasteiger partial charge in [0.1, 0.15) is 0 Å². The molecule has 0 radical (unpaired) electrons. The van der Waals surface area contributed by atoms with Gasteiger partial charge in [-0.05, 0) is 26.2 Å². The average Bonchev–Trinajstić information content (AvgIpc) is 2.38. The van der Waals surface area contributed by atoms with Crippen molar-refractivity contribution in [1.29, 1.82) is 0 Å². The van der Waals surface area contributed by atoms with Crippen LogP contribution in [0.5, 0.6) is 0 Å². The van der Waals surface area contributed by atoms with Gasteiger partial charge in [0.15, 0.2) is 0 Å². The van der Waals surface area contributed by atoms with Crippen molar-refractivity contribution in [2.45, 2.75) is 53.0 Å². The fourth-order valence-electron chi connectivity index (χ4n) is 2.60. The highest BCUT2D eigenvalue weighted by atomic mass is 16.2. The van der Waals surface area contributed by atoms with E-state index in [2.05, 4.69) is 42.8 Å². The number of carbonyl (C=O) groups excluding carboxylic acids is 1. The minimum absolute atomic E-state index is 0.188. The predicted molar refractivity (Wildman–Crippen MR) is 84.8 cm³/mol. The summed E-state index contributed by atoms with van der Waals surface area (Å²) in [5.74, 6) is 0.954. The first kappa shape index (κ1) is 17.4. The van der Waals surface area contributed by atoms with Crippen LogP contribution in [-0.2, 0) is 4.79 Å². The average molecular weight is 283 g/mol. The lowest BCUT2D eigenvalue weighted by Crippen LogP contribution is -2.51. The molecule has 1 amide bonds. The largest absolute Gasteiger partial charge is 0.355 e. The zero-order valence-corrected chi connectivity index (χ0v) is 13.8. The van der Waals surface area contributed by atoms with Crippen molar-refractivity contribution in [1.82, 2.24) is 15.1 Å². The number of unbranched alkanes of at least 4 members (excludes halogenated alkanes) is 1. The summed E-state index contributed by atoms with van der Waals surface area (Å²) in [6.07, 6.45) is 3.57. The lowest BCUT2D eigenvalue weighted by atomic mass is 10.1. The normalized spacial score (nSPS) is 17.9. The van der Waals surface area contributed by atoms with Crippen LogP contribution in [-0.4, -0.2) is 61.0 Å². The smallest absolute Gasteiger partial charge is 0.234 e. The quantitative estimate of drug-likeness (QED) is 0.692. The first-order valence-corrected chi connectivity index (χ1v) is 8.22. The van der Waals surface area contributed by atoms with Crippen LogP contribution >= 0.6 is 0 Å². The molecule has 0 bridgehead atoms. The van der Waals surface area contributed by atoms with E-state index < -0.39 is 0 Å². The summed E-state index contributed by atoms with van der Waals surface area (Å²) in [4.78, 5) is 16.6. The van der Waals surface area contributed by atoms with Crippen molar-refractivity contribution >= 4 is 5.91 Å². The van der Waals surface area contributed by atoms with Gasteiger partial charge in [0, 0.05) is 38.8 Å². The second kappa shape index (κ2) is 9.35. The fraction of sp³-hybridized carbons (Fsp3) is 0.938. The van der Waals surface area contributed by atoms with Crippen molar-refractivity contribution in [2.75, 3.05) is 39.3 Å². The summed E-state index contributed by atoms with van der Waals surface area (Å²) >= 11 is 0. The van der Waals surface area contributed by atoms with E-state index in [1.807, 2.05) is 0 Å². The molecule has 0 aromatic carbocycles. The van der Waals surface area contributed by atoms with Crippen LogP contribution in [0.2, 0.25) is 0 Å². The van der Waals surface area contributed by atoms with Gasteiger partial charge < -0.3 is 5.32 Å². The summed E-state index contributed by atoms with van der Waals surface area (Å²) in [5.41, 5.74) is 0. The van der Waals surface area contributed by atoms with Gasteiger partial charge in [0.25, 0.3) is 0 Å². The monoisotopic (exact) mass is 283 g/mol. The van der Waals surface area contributed by atoms with Crippen LogP contribution in [0.1, 0.15) is 47.0 Å². The predicted octanol–water partition coefficient (Wildman–Crippen LogP) is 1.95. The molecule has 0 aliphatic carbocycles. The van der Waals surface area contributed by atoms with Crippen LogP contribution in [0, 0.1) is 5.92 Å². The highest BCUT2D eigenvalue weighted by Gasteiger charge is 2.20. The molecule has 0 aromatic heterocycles. The molecule has 0 saturated carbocycles. The molecule has 1 fully saturated rings. The van der Waals surface area contributed by atoms with E-state index in [1.54, 1.807) is 0 Å². The molecule has 0 aromatic rings. The van der Waals surface area contributed by atoms with Gasteiger partial charge in [-0.25, -0.2) is 0 Å². The summed E-state index contributed by atoms with van der Waals surface area (Å²) in [6.45, 7) is 14.5. The topological polar surface area (TPSA) is 35.6 Å². The Morgan fingerprint density at radius 3 is 2.25 bits per heavy atom. The Kier molecular flexibility index (Phi) is 8.15. The molecule has 20 heavy (non-hydrogen) atoms. The van der Waals surface area contributed by atoms with Crippen molar-refractivity contribution in [3.63, 3.8) is 0 Å². The summed E-state index contributed by atoms with van der Waals surface area (Å²) < 4.78 is 0. The molecule has 1 rings (SSSR count). The van der Waals surface area contributed by atoms with Gasteiger partial charge >= 0.3 is 0 Å². The van der Waals surface area contributed by atoms with E-state index in [9.17, 15) is 4.79 Å². The second-order valence-electron chi connectivity index (χ2n) is 6.65. The third-order valence-corrected chi connectivity index (χ3v) is 4.03. The zero-order valence-electron chi connectivity index (χ0n) is 13.8. The molecular formula is C16H33N3O. The first-order valence-electron chi connectivity index (χ1n) is 8.22. The highest BCUT2D eigenvalue weighted by Crippen LogP contribution is 2.06. The minimum Gasteiger partial charge on any atom is -0.355 e. The van der Waals surface area contributed by atoms with Crippen LogP contribution < -0.4 is 5.32 Å². The number of carbonyl (C=O) groups is 1. The number of nitrogens with zero attached hydrogens (tertiary/aromatic N) is 2. The van der Waals surface area contributed by atoms with Gasteiger partial charge in [-0.15, -0.1) is 0 Å². The Morgan fingerprint density at radius 2 is 1.70 bits per heavy atom. The second-order valence-corrected chi connectivity index (χ2v) is 6.65. The molecule has 4 nitrogen and oxygen atoms in total. The maximum absolute atomic E-state index is 11.9. The molecule has 1 N–H and O–H groups in total. The molecular weight excluding hydrogens is 250 g/mol. The summed E-state index contributed by atoms with van der Waals surface area (Å²) in [5, 5.41) is 3.04. The van der Waals surface area contributed by atoms with Gasteiger partial charge in [0.05, 0.1) is 6.54 Å². The van der Waals surface area contributed by atoms with Crippen LogP contribution in [0.25, 0.3) is 0 Å². The summed E-state index contributed by atoms with van der Waals surface area (Å²) in [6, 6.07) is 0.618. The third kappa shape index (κ3) is 7.25. The van der Waals surface area contributed by atoms with E-state index in [4.69, 9.17) is 0 Å². The Bertz CT molecular complexity index is 271. The van der Waals surface area contributed by atoms with Crippen LogP contribution in [0.4, 0.5) is 0 Å². The van der Waals surface area contributed by atoms with E-state index in [0.717, 1.165) is 45.1 Å². The number of hydrogen-bond donors (Lipinski definition) is 1. The van der Waals surface area contributed by atoms with Gasteiger partial charge in [-0.3, -0.25) is 14.6 Å². The van der Waals surface area contributed by atoms with E-state index in [1.165, 1.54) is 12.8 Å². The van der Waals surface area contributed by atoms with Crippen LogP contribution in [0.15, 0.2) is 0 Å². The van der Waals surface area contributed by atoms with E-state index >= 15 is 0 Å².